The van der Waals surface area contributed by atoms with E-state index in [0.717, 1.165) is 12.8 Å². The summed E-state index contributed by atoms with van der Waals surface area (Å²) < 4.78 is 57.4. The molecule has 0 fully saturated rings. The first-order chi connectivity index (χ1) is 14.8. The largest absolute Gasteiger partial charge is 0.289 e. The zero-order valence-electron chi connectivity index (χ0n) is 17.8. The first kappa shape index (κ1) is 26.8. The van der Waals surface area contributed by atoms with Gasteiger partial charge in [-0.15, -0.1) is 4.55 Å². The molecule has 11 heteroatoms. The number of nitrogens with one attached hydrogen (secondary N) is 3. The third kappa shape index (κ3) is 15.2. The van der Waals surface area contributed by atoms with Gasteiger partial charge in [-0.2, -0.15) is 0 Å². The van der Waals surface area contributed by atoms with Crippen LogP contribution in [0.15, 0.2) is 64.6 Å². The summed E-state index contributed by atoms with van der Waals surface area (Å²) in [5.41, 5.74) is 1.26. The molecule has 0 amide bonds. The van der Waals surface area contributed by atoms with Gasteiger partial charge in [-0.05, 0) is 37.1 Å². The summed E-state index contributed by atoms with van der Waals surface area (Å²) in [4.78, 5) is 0. The molecule has 0 aliphatic heterocycles. The Morgan fingerprint density at radius 2 is 1.06 bits per heavy atom. The van der Waals surface area contributed by atoms with E-state index in [1.54, 1.807) is 48.5 Å². The lowest BCUT2D eigenvalue weighted by atomic mass is 10.3. The Hall–Kier alpha value is -2.24. The van der Waals surface area contributed by atoms with E-state index in [0.29, 0.717) is 24.2 Å². The van der Waals surface area contributed by atoms with Crippen LogP contribution >= 0.6 is 11.8 Å². The molecule has 0 bridgehead atoms. The van der Waals surface area contributed by atoms with Gasteiger partial charge in [-0.1, -0.05) is 63.1 Å². The highest BCUT2D eigenvalue weighted by atomic mass is 32.2. The van der Waals surface area contributed by atoms with Crippen molar-refractivity contribution in [1.29, 1.82) is 0 Å². The van der Waals surface area contributed by atoms with Crippen molar-refractivity contribution < 1.29 is 20.8 Å². The molecule has 0 aliphatic rings. The number of aromatic amines is 1. The van der Waals surface area contributed by atoms with Crippen molar-refractivity contribution in [3.8, 4) is 0 Å². The van der Waals surface area contributed by atoms with Crippen LogP contribution in [-0.4, -0.2) is 32.9 Å². The highest BCUT2D eigenvalue weighted by Gasteiger charge is 2.09. The summed E-state index contributed by atoms with van der Waals surface area (Å²) in [5.74, 6) is 0.386. The number of benzene rings is 2. The van der Waals surface area contributed by atoms with Gasteiger partial charge in [0.25, 0.3) is 0 Å². The van der Waals surface area contributed by atoms with Gasteiger partial charge in [0, 0.05) is 11.4 Å². The van der Waals surface area contributed by atoms with Crippen molar-refractivity contribution in [2.75, 3.05) is 20.9 Å². The smallest absolute Gasteiger partial charge is 0.232 e. The fraction of sp³-hybridized carbons (Fsp3) is 0.400. The minimum absolute atomic E-state index is 0.193. The SMILES string of the molecule is CCCCS(=O)(=O)Nc1ccccc1.CCCCS(=O)(=O)Nc1ccccc1.[nH]1os1. The first-order valence-electron chi connectivity index (χ1n) is 9.96. The van der Waals surface area contributed by atoms with Gasteiger partial charge in [0.15, 0.2) is 11.8 Å². The van der Waals surface area contributed by atoms with E-state index in [-0.39, 0.29) is 11.5 Å². The van der Waals surface area contributed by atoms with Gasteiger partial charge < -0.3 is 0 Å². The first-order valence-corrected chi connectivity index (χ1v) is 14.0. The predicted octanol–water partition coefficient (Wildman–Crippen LogP) is 5.13. The number of aromatic nitrogens is 1. The fourth-order valence-electron chi connectivity index (χ4n) is 2.14. The molecule has 8 nitrogen and oxygen atoms in total. The van der Waals surface area contributed by atoms with Crippen LogP contribution < -0.4 is 9.44 Å². The van der Waals surface area contributed by atoms with Gasteiger partial charge in [0.1, 0.15) is 0 Å². The van der Waals surface area contributed by atoms with Crippen LogP contribution in [0.5, 0.6) is 0 Å². The van der Waals surface area contributed by atoms with E-state index in [1.807, 2.05) is 26.0 Å². The van der Waals surface area contributed by atoms with Gasteiger partial charge in [0.2, 0.25) is 20.0 Å². The van der Waals surface area contributed by atoms with Crippen LogP contribution in [-0.2, 0) is 20.0 Å². The quantitative estimate of drug-likeness (QED) is 0.365. The van der Waals surface area contributed by atoms with Crippen molar-refractivity contribution in [2.45, 2.75) is 39.5 Å². The fourth-order valence-corrected chi connectivity index (χ4v) is 4.67. The molecule has 3 aromatic rings. The number of H-pyrrole nitrogens is 1. The van der Waals surface area contributed by atoms with Crippen LogP contribution in [0.2, 0.25) is 0 Å². The Morgan fingerprint density at radius 3 is 1.32 bits per heavy atom. The molecule has 31 heavy (non-hydrogen) atoms. The van der Waals surface area contributed by atoms with E-state index < -0.39 is 20.0 Å². The van der Waals surface area contributed by atoms with Crippen LogP contribution in [0.4, 0.5) is 11.4 Å². The summed E-state index contributed by atoms with van der Waals surface area (Å²) in [7, 11) is -6.29. The maximum atomic E-state index is 11.4. The minimum atomic E-state index is -3.15. The maximum absolute atomic E-state index is 11.4. The van der Waals surface area contributed by atoms with Crippen molar-refractivity contribution >= 4 is 43.3 Å². The second-order valence-corrected chi connectivity index (χ2v) is 10.7. The normalized spacial score (nSPS) is 10.9. The average molecular weight is 490 g/mol. The standard InChI is InChI=1S/2C10H15NO2S.HNOS/c2*1-2-3-9-14(12,13)11-10-7-5-4-6-8-10;1-2-3-1/h2*4-8,11H,2-3,9H2,1H3;1H. The monoisotopic (exact) mass is 489 g/mol. The van der Waals surface area contributed by atoms with Gasteiger partial charge in [-0.3, -0.25) is 13.4 Å². The van der Waals surface area contributed by atoms with Crippen molar-refractivity contribution in [1.82, 2.24) is 4.55 Å². The molecular weight excluding hydrogens is 458 g/mol. The lowest BCUT2D eigenvalue weighted by Crippen LogP contribution is -2.16. The van der Waals surface area contributed by atoms with Crippen molar-refractivity contribution in [2.24, 2.45) is 0 Å². The van der Waals surface area contributed by atoms with Crippen LogP contribution in [0.3, 0.4) is 0 Å². The Labute approximate surface area is 189 Å². The van der Waals surface area contributed by atoms with Gasteiger partial charge >= 0.3 is 0 Å². The second-order valence-electron chi connectivity index (χ2n) is 6.53. The van der Waals surface area contributed by atoms with Gasteiger partial charge in [0.05, 0.1) is 11.5 Å². The maximum Gasteiger partial charge on any atom is 0.232 e. The lowest BCUT2D eigenvalue weighted by molar-refractivity contribution is 0.596. The molecule has 0 atom stereocenters. The number of hydrogen-bond donors (Lipinski definition) is 3. The molecule has 0 saturated carbocycles. The number of para-hydroxylation sites is 2. The van der Waals surface area contributed by atoms with Gasteiger partial charge in [-0.25, -0.2) is 16.8 Å². The van der Waals surface area contributed by atoms with E-state index in [2.05, 4.69) is 17.9 Å². The van der Waals surface area contributed by atoms with Crippen LogP contribution in [0.1, 0.15) is 39.5 Å². The third-order valence-corrected chi connectivity index (χ3v) is 6.62. The highest BCUT2D eigenvalue weighted by Crippen LogP contribution is 2.09. The number of anilines is 2. The molecule has 0 spiro atoms. The van der Waals surface area contributed by atoms with E-state index >= 15 is 0 Å². The third-order valence-electron chi connectivity index (χ3n) is 3.71. The molecule has 0 aliphatic carbocycles. The zero-order chi connectivity index (χ0) is 23.0. The average Bonchev–Trinajstić information content (AvgIpc) is 3.62. The number of unbranched alkanes of at least 4 members (excludes halogenated alkanes) is 2. The Kier molecular flexibility index (Phi) is 12.7. The van der Waals surface area contributed by atoms with Crippen LogP contribution in [0.25, 0.3) is 0 Å². The molecule has 0 unspecified atom stereocenters. The molecule has 0 saturated heterocycles. The minimum Gasteiger partial charge on any atom is -0.289 e. The molecule has 1 heterocycles. The highest BCUT2D eigenvalue weighted by molar-refractivity contribution is 7.92. The number of rotatable bonds is 10. The lowest BCUT2D eigenvalue weighted by Gasteiger charge is -2.06. The summed E-state index contributed by atoms with van der Waals surface area (Å²) in [6.45, 7) is 3.94. The number of sulfonamides is 2. The molecular formula is C20H31N3O5S3. The molecule has 3 rings (SSSR count). The van der Waals surface area contributed by atoms with E-state index in [1.165, 1.54) is 11.8 Å². The van der Waals surface area contributed by atoms with Crippen LogP contribution in [0, 0.1) is 0 Å². The second kappa shape index (κ2) is 14.7. The Morgan fingerprint density at radius 1 is 0.742 bits per heavy atom. The predicted molar refractivity (Wildman–Crippen MR) is 128 cm³/mol. The van der Waals surface area contributed by atoms with Crippen molar-refractivity contribution in [3.05, 3.63) is 60.7 Å². The molecule has 0 radical (unpaired) electrons. The summed E-state index contributed by atoms with van der Waals surface area (Å²) in [6.07, 6.45) is 3.16. The van der Waals surface area contributed by atoms with E-state index in [9.17, 15) is 16.8 Å². The van der Waals surface area contributed by atoms with E-state index in [4.69, 9.17) is 0 Å². The van der Waals surface area contributed by atoms with Crippen molar-refractivity contribution in [3.63, 3.8) is 0 Å². The Bertz CT molecular complexity index is 907. The number of hydrogen-bond acceptors (Lipinski definition) is 6. The summed E-state index contributed by atoms with van der Waals surface area (Å²) in [6, 6.07) is 17.9. The Balaban J connectivity index is 0.000000272. The summed E-state index contributed by atoms with van der Waals surface area (Å²) >= 11 is 1.25. The molecule has 174 valence electrons. The molecule has 2 aromatic carbocycles. The zero-order valence-corrected chi connectivity index (χ0v) is 20.2. The topological polar surface area (TPSA) is 121 Å². The summed E-state index contributed by atoms with van der Waals surface area (Å²) in [5, 5.41) is 0. The molecule has 1 aromatic heterocycles. The molecule has 3 N–H and O–H groups in total.